The first-order valence-corrected chi connectivity index (χ1v) is 8.38. The Morgan fingerprint density at radius 1 is 1.24 bits per heavy atom. The largest absolute Gasteiger partial charge is 0.496 e. The summed E-state index contributed by atoms with van der Waals surface area (Å²) in [5.41, 5.74) is 2.65. The molecule has 1 aliphatic rings. The lowest BCUT2D eigenvalue weighted by Gasteiger charge is -2.31. The van der Waals surface area contributed by atoms with E-state index >= 15 is 0 Å². The van der Waals surface area contributed by atoms with E-state index in [2.05, 4.69) is 32.9 Å². The third kappa shape index (κ3) is 3.60. The molecule has 0 spiro atoms. The molecule has 0 amide bonds. The summed E-state index contributed by atoms with van der Waals surface area (Å²) in [6.45, 7) is 6.43. The molecule has 118 valence electrons. The van der Waals surface area contributed by atoms with Gasteiger partial charge in [-0.2, -0.15) is 0 Å². The van der Waals surface area contributed by atoms with Crippen molar-refractivity contribution in [3.05, 3.63) is 28.8 Å². The van der Waals surface area contributed by atoms with Gasteiger partial charge in [0.2, 0.25) is 0 Å². The van der Waals surface area contributed by atoms with E-state index in [-0.39, 0.29) is 0 Å². The average molecular weight is 290 g/mol. The van der Waals surface area contributed by atoms with Gasteiger partial charge in [-0.05, 0) is 62.6 Å². The second-order valence-electron chi connectivity index (χ2n) is 6.78. The Morgan fingerprint density at radius 3 is 2.67 bits per heavy atom. The highest BCUT2D eigenvalue weighted by Crippen LogP contribution is 2.44. The second kappa shape index (κ2) is 6.83. The van der Waals surface area contributed by atoms with Crippen LogP contribution in [-0.4, -0.2) is 12.2 Å². The van der Waals surface area contributed by atoms with E-state index in [1.807, 2.05) is 0 Å². The van der Waals surface area contributed by atoms with Crippen LogP contribution in [0, 0.1) is 19.8 Å². The molecule has 1 aromatic carbocycles. The van der Waals surface area contributed by atoms with Gasteiger partial charge in [-0.1, -0.05) is 32.3 Å². The van der Waals surface area contributed by atoms with Gasteiger partial charge in [0.15, 0.2) is 0 Å². The molecule has 21 heavy (non-hydrogen) atoms. The van der Waals surface area contributed by atoms with Crippen molar-refractivity contribution < 1.29 is 9.84 Å². The van der Waals surface area contributed by atoms with E-state index in [1.54, 1.807) is 7.11 Å². The monoisotopic (exact) mass is 290 g/mol. The van der Waals surface area contributed by atoms with Gasteiger partial charge in [0.25, 0.3) is 0 Å². The van der Waals surface area contributed by atoms with E-state index in [4.69, 9.17) is 4.74 Å². The van der Waals surface area contributed by atoms with Crippen LogP contribution in [-0.2, 0) is 5.60 Å². The van der Waals surface area contributed by atoms with Crippen LogP contribution in [0.15, 0.2) is 12.1 Å². The van der Waals surface area contributed by atoms with E-state index in [0.717, 1.165) is 48.5 Å². The van der Waals surface area contributed by atoms with Gasteiger partial charge < -0.3 is 9.84 Å². The molecule has 0 radical (unpaired) electrons. The van der Waals surface area contributed by atoms with Crippen LogP contribution in [0.1, 0.15) is 68.6 Å². The first kappa shape index (κ1) is 16.4. The van der Waals surface area contributed by atoms with Crippen molar-refractivity contribution >= 4 is 0 Å². The number of hydrogen-bond acceptors (Lipinski definition) is 2. The number of aliphatic hydroxyl groups is 1. The smallest absolute Gasteiger partial charge is 0.125 e. The standard InChI is InChI=1S/C19H30O2/c1-5-7-16-8-6-10-19(20,11-9-16)18-15(3)12-14(2)13-17(18)21-4/h12-13,16,20H,5-11H2,1-4H3. The molecule has 2 atom stereocenters. The summed E-state index contributed by atoms with van der Waals surface area (Å²) in [5, 5.41) is 11.3. The van der Waals surface area contributed by atoms with Crippen LogP contribution >= 0.6 is 0 Å². The first-order valence-electron chi connectivity index (χ1n) is 8.38. The molecule has 0 saturated heterocycles. The molecule has 0 bridgehead atoms. The topological polar surface area (TPSA) is 29.5 Å². The van der Waals surface area contributed by atoms with Gasteiger partial charge >= 0.3 is 0 Å². The van der Waals surface area contributed by atoms with E-state index in [9.17, 15) is 5.11 Å². The fourth-order valence-electron chi connectivity index (χ4n) is 4.03. The van der Waals surface area contributed by atoms with Crippen LogP contribution in [0.5, 0.6) is 5.75 Å². The maximum absolute atomic E-state index is 11.3. The van der Waals surface area contributed by atoms with Crippen molar-refractivity contribution in [3.63, 3.8) is 0 Å². The molecule has 1 saturated carbocycles. The highest BCUT2D eigenvalue weighted by molar-refractivity contribution is 5.46. The molecular formula is C19H30O2. The van der Waals surface area contributed by atoms with Gasteiger partial charge in [0, 0.05) is 5.56 Å². The zero-order chi connectivity index (χ0) is 15.5. The lowest BCUT2D eigenvalue weighted by Crippen LogP contribution is -2.27. The van der Waals surface area contributed by atoms with Crippen LogP contribution in [0.4, 0.5) is 0 Å². The average Bonchev–Trinajstić information content (AvgIpc) is 2.61. The summed E-state index contributed by atoms with van der Waals surface area (Å²) in [7, 11) is 1.71. The third-order valence-corrected chi connectivity index (χ3v) is 4.99. The molecule has 2 heteroatoms. The van der Waals surface area contributed by atoms with E-state index in [0.29, 0.717) is 0 Å². The number of rotatable bonds is 4. The highest BCUT2D eigenvalue weighted by Gasteiger charge is 2.36. The molecule has 1 aliphatic carbocycles. The van der Waals surface area contributed by atoms with Gasteiger partial charge in [0.05, 0.1) is 12.7 Å². The predicted molar refractivity (Wildman–Crippen MR) is 87.8 cm³/mol. The quantitative estimate of drug-likeness (QED) is 0.801. The molecule has 2 unspecified atom stereocenters. The van der Waals surface area contributed by atoms with Crippen molar-refractivity contribution in [1.29, 1.82) is 0 Å². The number of methoxy groups -OCH3 is 1. The molecule has 1 N–H and O–H groups in total. The fraction of sp³-hybridized carbons (Fsp3) is 0.684. The maximum atomic E-state index is 11.3. The summed E-state index contributed by atoms with van der Waals surface area (Å²) in [6.07, 6.45) is 7.74. The van der Waals surface area contributed by atoms with E-state index < -0.39 is 5.60 Å². The zero-order valence-electron chi connectivity index (χ0n) is 14.0. The molecule has 0 heterocycles. The number of ether oxygens (including phenoxy) is 1. The van der Waals surface area contributed by atoms with Gasteiger partial charge in [-0.25, -0.2) is 0 Å². The summed E-state index contributed by atoms with van der Waals surface area (Å²) in [4.78, 5) is 0. The Hall–Kier alpha value is -1.02. The highest BCUT2D eigenvalue weighted by atomic mass is 16.5. The molecule has 0 aromatic heterocycles. The first-order chi connectivity index (χ1) is 10.00. The van der Waals surface area contributed by atoms with Crippen molar-refractivity contribution in [2.24, 2.45) is 5.92 Å². The Kier molecular flexibility index (Phi) is 5.32. The van der Waals surface area contributed by atoms with Gasteiger partial charge in [-0.15, -0.1) is 0 Å². The summed E-state index contributed by atoms with van der Waals surface area (Å²) < 4.78 is 5.58. The number of aryl methyl sites for hydroxylation is 2. The number of benzene rings is 1. The minimum absolute atomic E-state index is 0.717. The van der Waals surface area contributed by atoms with Crippen LogP contribution in [0.2, 0.25) is 0 Å². The summed E-state index contributed by atoms with van der Waals surface area (Å²) in [6, 6.07) is 4.21. The van der Waals surface area contributed by atoms with Crippen molar-refractivity contribution in [1.82, 2.24) is 0 Å². The van der Waals surface area contributed by atoms with Crippen LogP contribution < -0.4 is 4.74 Å². The lowest BCUT2D eigenvalue weighted by molar-refractivity contribution is 0.0167. The molecule has 1 fully saturated rings. The molecule has 2 rings (SSSR count). The van der Waals surface area contributed by atoms with E-state index in [1.165, 1.54) is 24.8 Å². The fourth-order valence-corrected chi connectivity index (χ4v) is 4.03. The normalized spacial score (nSPS) is 26.4. The number of hydrogen-bond donors (Lipinski definition) is 1. The second-order valence-corrected chi connectivity index (χ2v) is 6.78. The minimum atomic E-state index is -0.717. The van der Waals surface area contributed by atoms with Crippen LogP contribution in [0.3, 0.4) is 0 Å². The Balaban J connectivity index is 2.31. The summed E-state index contributed by atoms with van der Waals surface area (Å²) >= 11 is 0. The third-order valence-electron chi connectivity index (χ3n) is 4.99. The van der Waals surface area contributed by atoms with Gasteiger partial charge in [-0.3, -0.25) is 0 Å². The minimum Gasteiger partial charge on any atom is -0.496 e. The van der Waals surface area contributed by atoms with Crippen molar-refractivity contribution in [2.45, 2.75) is 71.3 Å². The SMILES string of the molecule is CCCC1CCCC(O)(c2c(C)cc(C)cc2OC)CC1. The van der Waals surface area contributed by atoms with Crippen molar-refractivity contribution in [3.8, 4) is 5.75 Å². The lowest BCUT2D eigenvalue weighted by atomic mass is 9.82. The Bertz CT molecular complexity index is 481. The van der Waals surface area contributed by atoms with Crippen LogP contribution in [0.25, 0.3) is 0 Å². The van der Waals surface area contributed by atoms with Gasteiger partial charge in [0.1, 0.15) is 5.75 Å². The Morgan fingerprint density at radius 2 is 2.00 bits per heavy atom. The molecular weight excluding hydrogens is 260 g/mol. The summed E-state index contributed by atoms with van der Waals surface area (Å²) in [5.74, 6) is 1.63. The molecule has 1 aromatic rings. The maximum Gasteiger partial charge on any atom is 0.125 e. The van der Waals surface area contributed by atoms with Crippen molar-refractivity contribution in [2.75, 3.05) is 7.11 Å². The molecule has 2 nitrogen and oxygen atoms in total. The Labute approximate surface area is 129 Å². The predicted octanol–water partition coefficient (Wildman–Crippen LogP) is 4.88. The molecule has 0 aliphatic heterocycles. The zero-order valence-corrected chi connectivity index (χ0v) is 14.0.